The van der Waals surface area contributed by atoms with Crippen LogP contribution in [-0.4, -0.2) is 10.9 Å². The van der Waals surface area contributed by atoms with E-state index in [1.165, 1.54) is 0 Å². The SMILES string of the molecule is Cc1c(Cl)cccc1NC(=S)C(N)=O. The van der Waals surface area contributed by atoms with Crippen LogP contribution in [0.4, 0.5) is 5.69 Å². The summed E-state index contributed by atoms with van der Waals surface area (Å²) in [7, 11) is 0. The van der Waals surface area contributed by atoms with E-state index < -0.39 is 5.91 Å². The molecule has 3 nitrogen and oxygen atoms in total. The number of rotatable bonds is 1. The molecule has 5 heteroatoms. The third kappa shape index (κ3) is 2.43. The Morgan fingerprint density at radius 3 is 2.79 bits per heavy atom. The molecule has 1 rings (SSSR count). The van der Waals surface area contributed by atoms with Gasteiger partial charge in [0.15, 0.2) is 4.99 Å². The van der Waals surface area contributed by atoms with Gasteiger partial charge in [0.2, 0.25) is 0 Å². The van der Waals surface area contributed by atoms with E-state index in [9.17, 15) is 4.79 Å². The van der Waals surface area contributed by atoms with Crippen LogP contribution < -0.4 is 11.1 Å². The molecule has 1 aromatic carbocycles. The number of carbonyl (C=O) groups is 1. The smallest absolute Gasteiger partial charge is 0.276 e. The second kappa shape index (κ2) is 4.39. The average Bonchev–Trinajstić information content (AvgIpc) is 2.12. The molecule has 0 bridgehead atoms. The van der Waals surface area contributed by atoms with Crippen molar-refractivity contribution in [1.29, 1.82) is 0 Å². The number of nitrogens with two attached hydrogens (primary N) is 1. The lowest BCUT2D eigenvalue weighted by molar-refractivity contribution is -0.111. The maximum Gasteiger partial charge on any atom is 0.276 e. The van der Waals surface area contributed by atoms with Crippen molar-refractivity contribution in [3.05, 3.63) is 28.8 Å². The minimum absolute atomic E-state index is 0.0182. The minimum atomic E-state index is -0.653. The first-order chi connectivity index (χ1) is 6.52. The lowest BCUT2D eigenvalue weighted by Gasteiger charge is -2.08. The first-order valence-corrected chi connectivity index (χ1v) is 4.67. The van der Waals surface area contributed by atoms with Crippen molar-refractivity contribution in [1.82, 2.24) is 0 Å². The van der Waals surface area contributed by atoms with Crippen LogP contribution in [0.3, 0.4) is 0 Å². The fraction of sp³-hybridized carbons (Fsp3) is 0.111. The number of primary amides is 1. The number of hydrogen-bond acceptors (Lipinski definition) is 2. The quantitative estimate of drug-likeness (QED) is 0.722. The van der Waals surface area contributed by atoms with Gasteiger partial charge in [0, 0.05) is 10.7 Å². The second-order valence-electron chi connectivity index (χ2n) is 2.73. The van der Waals surface area contributed by atoms with E-state index in [0.29, 0.717) is 10.7 Å². The molecular formula is C9H9ClN2OS. The molecule has 1 aromatic rings. The molecule has 3 N–H and O–H groups in total. The van der Waals surface area contributed by atoms with E-state index in [-0.39, 0.29) is 4.99 Å². The van der Waals surface area contributed by atoms with Crippen LogP contribution in [-0.2, 0) is 4.79 Å². The Hall–Kier alpha value is -1.13. The van der Waals surface area contributed by atoms with Gasteiger partial charge in [-0.2, -0.15) is 0 Å². The lowest BCUT2D eigenvalue weighted by atomic mass is 10.2. The van der Waals surface area contributed by atoms with E-state index >= 15 is 0 Å². The van der Waals surface area contributed by atoms with Gasteiger partial charge in [0.1, 0.15) is 0 Å². The molecule has 0 aliphatic carbocycles. The highest BCUT2D eigenvalue weighted by molar-refractivity contribution is 7.82. The average molecular weight is 229 g/mol. The zero-order valence-corrected chi connectivity index (χ0v) is 9.08. The van der Waals surface area contributed by atoms with Crippen LogP contribution in [0.5, 0.6) is 0 Å². The third-order valence-corrected chi connectivity index (χ3v) is 2.45. The molecule has 0 aliphatic rings. The van der Waals surface area contributed by atoms with Gasteiger partial charge in [0.25, 0.3) is 5.91 Å². The Bertz CT molecular complexity index is 392. The summed E-state index contributed by atoms with van der Waals surface area (Å²) in [4.78, 5) is 10.7. The number of benzene rings is 1. The molecule has 0 aromatic heterocycles. The number of thiocarbonyl (C=S) groups is 1. The topological polar surface area (TPSA) is 55.1 Å². The first kappa shape index (κ1) is 10.9. The highest BCUT2D eigenvalue weighted by Crippen LogP contribution is 2.22. The van der Waals surface area contributed by atoms with Crippen molar-refractivity contribution in [3.63, 3.8) is 0 Å². The van der Waals surface area contributed by atoms with Crippen molar-refractivity contribution in [2.75, 3.05) is 5.32 Å². The van der Waals surface area contributed by atoms with Crippen molar-refractivity contribution in [2.45, 2.75) is 6.92 Å². The summed E-state index contributed by atoms with van der Waals surface area (Å²) in [5.74, 6) is -0.653. The van der Waals surface area contributed by atoms with Crippen LogP contribution in [0.25, 0.3) is 0 Å². The molecule has 0 radical (unpaired) electrons. The Morgan fingerprint density at radius 2 is 2.21 bits per heavy atom. The van der Waals surface area contributed by atoms with Gasteiger partial charge in [-0.05, 0) is 24.6 Å². The Balaban J connectivity index is 2.93. The number of hydrogen-bond donors (Lipinski definition) is 2. The van der Waals surface area contributed by atoms with Gasteiger partial charge < -0.3 is 11.1 Å². The summed E-state index contributed by atoms with van der Waals surface area (Å²) in [5, 5.41) is 3.34. The molecule has 0 spiro atoms. The number of amides is 1. The lowest BCUT2D eigenvalue weighted by Crippen LogP contribution is -2.28. The molecule has 0 unspecified atom stereocenters. The van der Waals surface area contributed by atoms with Crippen molar-refractivity contribution in [2.24, 2.45) is 5.73 Å². The van der Waals surface area contributed by atoms with E-state index in [1.807, 2.05) is 6.92 Å². The number of halogens is 1. The number of anilines is 1. The standard InChI is InChI=1S/C9H9ClN2OS/c1-5-6(10)3-2-4-7(5)12-9(14)8(11)13/h2-4H,1H3,(H2,11,13)(H,12,14). The van der Waals surface area contributed by atoms with Crippen LogP contribution in [0.15, 0.2) is 18.2 Å². The predicted octanol–water partition coefficient (Wildman–Crippen LogP) is 1.87. The Labute approximate surface area is 92.2 Å². The van der Waals surface area contributed by atoms with Gasteiger partial charge in [-0.3, -0.25) is 4.79 Å². The minimum Gasteiger partial charge on any atom is -0.364 e. The predicted molar refractivity (Wildman–Crippen MR) is 61.6 cm³/mol. The zero-order valence-electron chi connectivity index (χ0n) is 7.50. The molecule has 14 heavy (non-hydrogen) atoms. The molecule has 0 heterocycles. The molecule has 0 saturated carbocycles. The molecular weight excluding hydrogens is 220 g/mol. The fourth-order valence-electron chi connectivity index (χ4n) is 0.927. The molecule has 0 saturated heterocycles. The van der Waals surface area contributed by atoms with E-state index in [1.54, 1.807) is 18.2 Å². The van der Waals surface area contributed by atoms with E-state index in [2.05, 4.69) is 5.32 Å². The summed E-state index contributed by atoms with van der Waals surface area (Å²) in [6.45, 7) is 1.83. The van der Waals surface area contributed by atoms with Gasteiger partial charge in [-0.15, -0.1) is 0 Å². The second-order valence-corrected chi connectivity index (χ2v) is 3.55. The van der Waals surface area contributed by atoms with Crippen LogP contribution in [0.1, 0.15) is 5.56 Å². The third-order valence-electron chi connectivity index (χ3n) is 1.74. The molecule has 0 aliphatic heterocycles. The summed E-state index contributed by atoms with van der Waals surface area (Å²) in [5.41, 5.74) is 6.52. The highest BCUT2D eigenvalue weighted by Gasteiger charge is 2.07. The van der Waals surface area contributed by atoms with E-state index in [0.717, 1.165) is 5.56 Å². The molecule has 0 fully saturated rings. The number of carbonyl (C=O) groups excluding carboxylic acids is 1. The van der Waals surface area contributed by atoms with Crippen molar-refractivity contribution >= 4 is 40.4 Å². The molecule has 0 atom stereocenters. The largest absolute Gasteiger partial charge is 0.364 e. The van der Waals surface area contributed by atoms with Crippen LogP contribution in [0.2, 0.25) is 5.02 Å². The normalized spacial score (nSPS) is 9.57. The monoisotopic (exact) mass is 228 g/mol. The van der Waals surface area contributed by atoms with Crippen LogP contribution >= 0.6 is 23.8 Å². The van der Waals surface area contributed by atoms with Crippen molar-refractivity contribution in [3.8, 4) is 0 Å². The van der Waals surface area contributed by atoms with Gasteiger partial charge in [0.05, 0.1) is 0 Å². The van der Waals surface area contributed by atoms with Gasteiger partial charge >= 0.3 is 0 Å². The molecule has 74 valence electrons. The zero-order chi connectivity index (χ0) is 10.7. The number of nitrogens with one attached hydrogen (secondary N) is 1. The van der Waals surface area contributed by atoms with E-state index in [4.69, 9.17) is 29.6 Å². The summed E-state index contributed by atoms with van der Waals surface area (Å²) < 4.78 is 0. The maximum atomic E-state index is 10.7. The van der Waals surface area contributed by atoms with Crippen LogP contribution in [0, 0.1) is 6.92 Å². The fourth-order valence-corrected chi connectivity index (χ4v) is 1.21. The summed E-state index contributed by atoms with van der Waals surface area (Å²) in [6, 6.07) is 5.30. The Morgan fingerprint density at radius 1 is 1.57 bits per heavy atom. The first-order valence-electron chi connectivity index (χ1n) is 3.88. The van der Waals surface area contributed by atoms with Gasteiger partial charge in [-0.1, -0.05) is 29.9 Å². The summed E-state index contributed by atoms with van der Waals surface area (Å²) in [6.07, 6.45) is 0. The summed E-state index contributed by atoms with van der Waals surface area (Å²) >= 11 is 10.6. The Kier molecular flexibility index (Phi) is 3.43. The highest BCUT2D eigenvalue weighted by atomic mass is 35.5. The van der Waals surface area contributed by atoms with Gasteiger partial charge in [-0.25, -0.2) is 0 Å². The maximum absolute atomic E-state index is 10.7. The molecule has 1 amide bonds. The van der Waals surface area contributed by atoms with Crippen molar-refractivity contribution < 1.29 is 4.79 Å².